The SMILES string of the molecule is CCOCC(=O)N=C1NC(=O)CS1. The quantitative estimate of drug-likeness (QED) is 0.686. The monoisotopic (exact) mass is 202 g/mol. The number of carbonyl (C=O) groups is 2. The molecule has 0 bridgehead atoms. The lowest BCUT2D eigenvalue weighted by Crippen LogP contribution is -2.21. The third kappa shape index (κ3) is 3.56. The fourth-order valence-electron chi connectivity index (χ4n) is 0.720. The van der Waals surface area contributed by atoms with E-state index in [2.05, 4.69) is 10.3 Å². The highest BCUT2D eigenvalue weighted by atomic mass is 32.2. The second kappa shape index (κ2) is 4.98. The number of nitrogens with zero attached hydrogens (tertiary/aromatic N) is 1. The van der Waals surface area contributed by atoms with Crippen molar-refractivity contribution < 1.29 is 14.3 Å². The van der Waals surface area contributed by atoms with E-state index in [1.165, 1.54) is 11.8 Å². The molecule has 0 aliphatic carbocycles. The maximum absolute atomic E-state index is 11.0. The summed E-state index contributed by atoms with van der Waals surface area (Å²) in [6.45, 7) is 2.25. The van der Waals surface area contributed by atoms with Crippen molar-refractivity contribution >= 4 is 28.7 Å². The van der Waals surface area contributed by atoms with Crippen LogP contribution in [0.25, 0.3) is 0 Å². The van der Waals surface area contributed by atoms with Gasteiger partial charge in [-0.1, -0.05) is 11.8 Å². The normalized spacial score (nSPS) is 19.2. The van der Waals surface area contributed by atoms with E-state index in [0.29, 0.717) is 17.5 Å². The number of thioether (sulfide) groups is 1. The second-order valence-electron chi connectivity index (χ2n) is 2.28. The van der Waals surface area contributed by atoms with Crippen LogP contribution in [0.15, 0.2) is 4.99 Å². The third-order valence-electron chi connectivity index (χ3n) is 1.24. The first-order valence-corrected chi connectivity index (χ1v) is 4.83. The summed E-state index contributed by atoms with van der Waals surface area (Å²) in [7, 11) is 0. The van der Waals surface area contributed by atoms with Gasteiger partial charge < -0.3 is 10.1 Å². The summed E-state index contributed by atoms with van der Waals surface area (Å²) >= 11 is 1.23. The molecule has 1 aliphatic rings. The number of aliphatic imine (C=N–C) groups is 1. The molecule has 5 nitrogen and oxygen atoms in total. The van der Waals surface area contributed by atoms with Gasteiger partial charge in [-0.2, -0.15) is 4.99 Å². The Morgan fingerprint density at radius 2 is 2.54 bits per heavy atom. The Hall–Kier alpha value is -0.880. The van der Waals surface area contributed by atoms with E-state index in [-0.39, 0.29) is 18.4 Å². The van der Waals surface area contributed by atoms with Gasteiger partial charge in [-0.15, -0.1) is 0 Å². The van der Waals surface area contributed by atoms with Gasteiger partial charge in [0.2, 0.25) is 5.91 Å². The number of carbonyl (C=O) groups excluding carboxylic acids is 2. The first kappa shape index (κ1) is 10.2. The molecule has 1 N–H and O–H groups in total. The second-order valence-corrected chi connectivity index (χ2v) is 3.25. The van der Waals surface area contributed by atoms with Crippen LogP contribution in [0.4, 0.5) is 0 Å². The van der Waals surface area contributed by atoms with Gasteiger partial charge in [-0.3, -0.25) is 9.59 Å². The minimum atomic E-state index is -0.369. The number of rotatable bonds is 3. The Morgan fingerprint density at radius 3 is 3.08 bits per heavy atom. The minimum absolute atomic E-state index is 0.0313. The molecule has 13 heavy (non-hydrogen) atoms. The molecule has 0 atom stereocenters. The van der Waals surface area contributed by atoms with E-state index in [9.17, 15) is 9.59 Å². The van der Waals surface area contributed by atoms with Crippen molar-refractivity contribution in [3.8, 4) is 0 Å². The van der Waals surface area contributed by atoms with Crippen LogP contribution in [0.5, 0.6) is 0 Å². The molecule has 0 spiro atoms. The molecular formula is C7H10N2O3S. The number of amidine groups is 1. The lowest BCUT2D eigenvalue weighted by molar-refractivity contribution is -0.122. The summed E-state index contributed by atoms with van der Waals surface area (Å²) in [5.41, 5.74) is 0. The van der Waals surface area contributed by atoms with Crippen molar-refractivity contribution in [3.63, 3.8) is 0 Å². The standard InChI is InChI=1S/C7H10N2O3S/c1-2-12-3-5(10)8-7-9-6(11)4-13-7/h2-4H2,1H3,(H,8,9,10,11). The van der Waals surface area contributed by atoms with E-state index < -0.39 is 0 Å². The van der Waals surface area contributed by atoms with Gasteiger partial charge in [-0.05, 0) is 6.92 Å². The molecule has 72 valence electrons. The smallest absolute Gasteiger partial charge is 0.274 e. The number of nitrogens with one attached hydrogen (secondary N) is 1. The molecule has 1 aliphatic heterocycles. The molecule has 0 aromatic rings. The molecule has 0 aromatic carbocycles. The molecule has 0 aromatic heterocycles. The van der Waals surface area contributed by atoms with Gasteiger partial charge in [0.15, 0.2) is 5.17 Å². The molecule has 2 amide bonds. The average molecular weight is 202 g/mol. The summed E-state index contributed by atoms with van der Waals surface area (Å²) in [5, 5.41) is 2.83. The van der Waals surface area contributed by atoms with Crippen molar-refractivity contribution in [2.75, 3.05) is 19.0 Å². The Morgan fingerprint density at radius 1 is 1.77 bits per heavy atom. The molecular weight excluding hydrogens is 192 g/mol. The third-order valence-corrected chi connectivity index (χ3v) is 2.12. The van der Waals surface area contributed by atoms with E-state index >= 15 is 0 Å². The van der Waals surface area contributed by atoms with Gasteiger partial charge in [0.1, 0.15) is 6.61 Å². The molecule has 1 fully saturated rings. The van der Waals surface area contributed by atoms with Crippen molar-refractivity contribution in [2.45, 2.75) is 6.92 Å². The topological polar surface area (TPSA) is 67.8 Å². The predicted octanol–water partition coefficient (Wildman–Crippen LogP) is -0.231. The fraction of sp³-hybridized carbons (Fsp3) is 0.571. The van der Waals surface area contributed by atoms with Crippen molar-refractivity contribution in [2.24, 2.45) is 4.99 Å². The largest absolute Gasteiger partial charge is 0.372 e. The Kier molecular flexibility index (Phi) is 3.91. The van der Waals surface area contributed by atoms with E-state index in [1.54, 1.807) is 6.92 Å². The molecule has 0 unspecified atom stereocenters. The average Bonchev–Trinajstić information content (AvgIpc) is 2.48. The number of hydrogen-bond acceptors (Lipinski definition) is 4. The zero-order valence-electron chi connectivity index (χ0n) is 7.20. The van der Waals surface area contributed by atoms with Gasteiger partial charge in [-0.25, -0.2) is 0 Å². The van der Waals surface area contributed by atoms with Crippen LogP contribution < -0.4 is 5.32 Å². The molecule has 1 heterocycles. The van der Waals surface area contributed by atoms with Crippen molar-refractivity contribution in [3.05, 3.63) is 0 Å². The Labute approximate surface area is 79.9 Å². The maximum atomic E-state index is 11.0. The number of ether oxygens (including phenoxy) is 1. The summed E-state index contributed by atoms with van der Waals surface area (Å²) in [6.07, 6.45) is 0. The van der Waals surface area contributed by atoms with Crippen molar-refractivity contribution in [1.82, 2.24) is 5.32 Å². The summed E-state index contributed by atoms with van der Waals surface area (Å²) in [5.74, 6) is -0.152. The maximum Gasteiger partial charge on any atom is 0.274 e. The molecule has 0 radical (unpaired) electrons. The zero-order chi connectivity index (χ0) is 9.68. The molecule has 6 heteroatoms. The van der Waals surface area contributed by atoms with Crippen LogP contribution in [0.2, 0.25) is 0 Å². The molecule has 1 rings (SSSR count). The van der Waals surface area contributed by atoms with Crippen LogP contribution in [0.3, 0.4) is 0 Å². The fourth-order valence-corrected chi connectivity index (χ4v) is 1.41. The highest BCUT2D eigenvalue weighted by Gasteiger charge is 2.17. The predicted molar refractivity (Wildman–Crippen MR) is 49.5 cm³/mol. The highest BCUT2D eigenvalue weighted by molar-refractivity contribution is 8.15. The van der Waals surface area contributed by atoms with E-state index in [1.807, 2.05) is 0 Å². The summed E-state index contributed by atoms with van der Waals surface area (Å²) in [6, 6.07) is 0. The highest BCUT2D eigenvalue weighted by Crippen LogP contribution is 2.08. The van der Waals surface area contributed by atoms with E-state index in [4.69, 9.17) is 4.74 Å². The van der Waals surface area contributed by atoms with Gasteiger partial charge in [0.25, 0.3) is 5.91 Å². The van der Waals surface area contributed by atoms with Gasteiger partial charge in [0.05, 0.1) is 5.75 Å². The first-order chi connectivity index (χ1) is 6.22. The molecule has 1 saturated heterocycles. The van der Waals surface area contributed by atoms with Crippen LogP contribution in [-0.2, 0) is 14.3 Å². The number of hydrogen-bond donors (Lipinski definition) is 1. The first-order valence-electron chi connectivity index (χ1n) is 3.84. The lowest BCUT2D eigenvalue weighted by atomic mass is 10.6. The zero-order valence-corrected chi connectivity index (χ0v) is 8.02. The summed E-state index contributed by atoms with van der Waals surface area (Å²) in [4.78, 5) is 25.3. The summed E-state index contributed by atoms with van der Waals surface area (Å²) < 4.78 is 4.85. The lowest BCUT2D eigenvalue weighted by Gasteiger charge is -1.96. The van der Waals surface area contributed by atoms with Gasteiger partial charge in [0, 0.05) is 6.61 Å². The van der Waals surface area contributed by atoms with Crippen LogP contribution in [0, 0.1) is 0 Å². The van der Waals surface area contributed by atoms with Crippen LogP contribution in [-0.4, -0.2) is 35.9 Å². The number of amides is 2. The Bertz CT molecular complexity index is 252. The molecule has 0 saturated carbocycles. The van der Waals surface area contributed by atoms with Crippen LogP contribution >= 0.6 is 11.8 Å². The van der Waals surface area contributed by atoms with Crippen LogP contribution in [0.1, 0.15) is 6.92 Å². The van der Waals surface area contributed by atoms with Gasteiger partial charge >= 0.3 is 0 Å². The van der Waals surface area contributed by atoms with E-state index in [0.717, 1.165) is 0 Å². The minimum Gasteiger partial charge on any atom is -0.372 e. The Balaban J connectivity index is 2.37. The van der Waals surface area contributed by atoms with Crippen molar-refractivity contribution in [1.29, 1.82) is 0 Å².